The molecule has 2 aromatic carbocycles. The number of para-hydroxylation sites is 1. The summed E-state index contributed by atoms with van der Waals surface area (Å²) in [7, 11) is -0.268. The lowest BCUT2D eigenvalue weighted by Gasteiger charge is -2.38. The first-order valence-electron chi connectivity index (χ1n) is 14.0. The lowest BCUT2D eigenvalue weighted by Crippen LogP contribution is -2.50. The number of aromatic nitrogens is 1. The van der Waals surface area contributed by atoms with Gasteiger partial charge in [-0.15, -0.1) is 11.3 Å². The third-order valence-electron chi connectivity index (χ3n) is 7.88. The minimum Gasteiger partial charge on any atom is -0.488 e. The SMILES string of the molecule is C[C@@H]1CN([C@@H](C)CO)C(=O)c2cc(NC(=O)Cc3cn(C)c4ccccc34)ccc2O[C@H]1CN(C)S(=O)(=O)c1cccs1. The van der Waals surface area contributed by atoms with Crippen molar-refractivity contribution in [3.05, 3.63) is 77.3 Å². The number of benzene rings is 2. The molecule has 0 radical (unpaired) electrons. The number of nitrogens with one attached hydrogen (secondary N) is 1. The van der Waals surface area contributed by atoms with Gasteiger partial charge in [-0.05, 0) is 48.2 Å². The monoisotopic (exact) mass is 624 g/mol. The maximum atomic E-state index is 13.8. The molecule has 1 aliphatic heterocycles. The fourth-order valence-electron chi connectivity index (χ4n) is 5.38. The van der Waals surface area contributed by atoms with E-state index in [4.69, 9.17) is 4.74 Å². The zero-order valence-corrected chi connectivity index (χ0v) is 26.2. The van der Waals surface area contributed by atoms with Gasteiger partial charge in [0.1, 0.15) is 16.1 Å². The van der Waals surface area contributed by atoms with Crippen molar-refractivity contribution in [1.82, 2.24) is 13.8 Å². The van der Waals surface area contributed by atoms with Gasteiger partial charge in [0.05, 0.1) is 31.2 Å². The second-order valence-electron chi connectivity index (χ2n) is 11.1. The van der Waals surface area contributed by atoms with Gasteiger partial charge in [-0.1, -0.05) is 31.2 Å². The first kappa shape index (κ1) is 30.7. The summed E-state index contributed by atoms with van der Waals surface area (Å²) in [6.07, 6.45) is 1.50. The lowest BCUT2D eigenvalue weighted by atomic mass is 9.99. The zero-order valence-electron chi connectivity index (χ0n) is 24.6. The molecular weight excluding hydrogens is 588 g/mol. The highest BCUT2D eigenvalue weighted by Gasteiger charge is 2.35. The Kier molecular flexibility index (Phi) is 8.93. The van der Waals surface area contributed by atoms with Crippen molar-refractivity contribution < 1.29 is 27.9 Å². The molecule has 4 aromatic rings. The van der Waals surface area contributed by atoms with Gasteiger partial charge in [0.15, 0.2) is 0 Å². The highest BCUT2D eigenvalue weighted by atomic mass is 32.2. The highest BCUT2D eigenvalue weighted by Crippen LogP contribution is 2.32. The van der Waals surface area contributed by atoms with E-state index in [9.17, 15) is 23.1 Å². The van der Waals surface area contributed by atoms with Gasteiger partial charge in [-0.25, -0.2) is 8.42 Å². The van der Waals surface area contributed by atoms with Crippen LogP contribution in [0.2, 0.25) is 0 Å². The highest BCUT2D eigenvalue weighted by molar-refractivity contribution is 7.91. The van der Waals surface area contributed by atoms with E-state index in [2.05, 4.69) is 5.32 Å². The van der Waals surface area contributed by atoms with E-state index < -0.39 is 22.2 Å². The van der Waals surface area contributed by atoms with Crippen molar-refractivity contribution >= 4 is 49.8 Å². The van der Waals surface area contributed by atoms with Crippen molar-refractivity contribution in [2.45, 2.75) is 36.6 Å². The number of sulfonamides is 1. The van der Waals surface area contributed by atoms with Crippen molar-refractivity contribution in [1.29, 1.82) is 0 Å². The van der Waals surface area contributed by atoms with Crippen molar-refractivity contribution in [2.75, 3.05) is 32.1 Å². The minimum atomic E-state index is -3.72. The number of aliphatic hydroxyl groups is 1. The van der Waals surface area contributed by atoms with Gasteiger partial charge in [0, 0.05) is 49.3 Å². The van der Waals surface area contributed by atoms with E-state index in [0.717, 1.165) is 27.8 Å². The number of carbonyl (C=O) groups is 2. The second-order valence-corrected chi connectivity index (χ2v) is 14.3. The number of carbonyl (C=O) groups excluding carboxylic acids is 2. The average molecular weight is 625 g/mol. The van der Waals surface area contributed by atoms with Crippen LogP contribution in [0.1, 0.15) is 29.8 Å². The molecule has 0 unspecified atom stereocenters. The number of aliphatic hydroxyl groups excluding tert-OH is 1. The molecule has 228 valence electrons. The number of ether oxygens (including phenoxy) is 1. The molecule has 2 N–H and O–H groups in total. The van der Waals surface area contributed by atoms with Crippen LogP contribution in [0.3, 0.4) is 0 Å². The summed E-state index contributed by atoms with van der Waals surface area (Å²) in [6.45, 7) is 3.71. The smallest absolute Gasteiger partial charge is 0.258 e. The third-order valence-corrected chi connectivity index (χ3v) is 11.1. The maximum Gasteiger partial charge on any atom is 0.258 e. The average Bonchev–Trinajstić information content (AvgIpc) is 3.64. The molecule has 3 atom stereocenters. The Balaban J connectivity index is 1.41. The van der Waals surface area contributed by atoms with Crippen LogP contribution < -0.4 is 10.1 Å². The number of fused-ring (bicyclic) bond motifs is 2. The van der Waals surface area contributed by atoms with E-state index in [1.54, 1.807) is 47.5 Å². The van der Waals surface area contributed by atoms with Crippen molar-refractivity contribution in [3.8, 4) is 5.75 Å². The molecule has 0 saturated heterocycles. The predicted octanol–water partition coefficient (Wildman–Crippen LogP) is 3.96. The van der Waals surface area contributed by atoms with E-state index >= 15 is 0 Å². The number of amides is 2. The summed E-state index contributed by atoms with van der Waals surface area (Å²) in [4.78, 5) is 28.4. The van der Waals surface area contributed by atoms with Gasteiger partial charge < -0.3 is 24.6 Å². The fourth-order valence-corrected chi connectivity index (χ4v) is 7.76. The van der Waals surface area contributed by atoms with Gasteiger partial charge in [0.25, 0.3) is 15.9 Å². The predicted molar refractivity (Wildman–Crippen MR) is 167 cm³/mol. The molecule has 0 spiro atoms. The molecule has 0 fully saturated rings. The van der Waals surface area contributed by atoms with E-state index in [1.165, 1.54) is 11.4 Å². The van der Waals surface area contributed by atoms with Gasteiger partial charge in [-0.3, -0.25) is 9.59 Å². The van der Waals surface area contributed by atoms with Crippen LogP contribution in [0.15, 0.2) is 70.4 Å². The van der Waals surface area contributed by atoms with E-state index in [1.807, 2.05) is 49.0 Å². The number of likely N-dealkylation sites (N-methyl/N-ethyl adjacent to an activating group) is 1. The summed E-state index contributed by atoms with van der Waals surface area (Å²) < 4.78 is 36.1. The first-order valence-corrected chi connectivity index (χ1v) is 16.4. The Morgan fingerprint density at radius 2 is 1.98 bits per heavy atom. The van der Waals surface area contributed by atoms with Crippen LogP contribution in [0.4, 0.5) is 5.69 Å². The quantitative estimate of drug-likeness (QED) is 0.291. The van der Waals surface area contributed by atoms with Gasteiger partial charge in [-0.2, -0.15) is 4.31 Å². The second kappa shape index (κ2) is 12.5. The van der Waals surface area contributed by atoms with E-state index in [0.29, 0.717) is 5.69 Å². The molecule has 2 aromatic heterocycles. The van der Waals surface area contributed by atoms with E-state index in [-0.39, 0.29) is 59.4 Å². The van der Waals surface area contributed by atoms with Crippen LogP contribution in [-0.4, -0.2) is 78.0 Å². The molecule has 43 heavy (non-hydrogen) atoms. The number of thiophene rings is 1. The Morgan fingerprint density at radius 1 is 1.21 bits per heavy atom. The molecule has 12 heteroatoms. The molecular formula is C31H36N4O6S2. The number of nitrogens with zero attached hydrogens (tertiary/aromatic N) is 3. The Morgan fingerprint density at radius 3 is 2.70 bits per heavy atom. The first-order chi connectivity index (χ1) is 20.5. The van der Waals surface area contributed by atoms with Crippen LogP contribution in [0.5, 0.6) is 5.75 Å². The molecule has 5 rings (SSSR count). The van der Waals surface area contributed by atoms with Gasteiger partial charge in [0.2, 0.25) is 5.91 Å². The summed E-state index contributed by atoms with van der Waals surface area (Å²) in [5, 5.41) is 15.6. The molecule has 10 nitrogen and oxygen atoms in total. The number of anilines is 1. The Labute approximate surface area is 255 Å². The fraction of sp³-hybridized carbons (Fsp3) is 0.355. The van der Waals surface area contributed by atoms with Crippen LogP contribution in [0, 0.1) is 5.92 Å². The number of hydrogen-bond acceptors (Lipinski definition) is 7. The molecule has 0 saturated carbocycles. The molecule has 0 aliphatic carbocycles. The topological polar surface area (TPSA) is 121 Å². The molecule has 1 aliphatic rings. The zero-order chi connectivity index (χ0) is 30.9. The van der Waals surface area contributed by atoms with Crippen molar-refractivity contribution in [2.24, 2.45) is 13.0 Å². The Hall–Kier alpha value is -3.71. The summed E-state index contributed by atoms with van der Waals surface area (Å²) in [6, 6.07) is 15.5. The minimum absolute atomic E-state index is 0.0555. The van der Waals surface area contributed by atoms with Crippen LogP contribution in [0.25, 0.3) is 10.9 Å². The molecule has 3 heterocycles. The largest absolute Gasteiger partial charge is 0.488 e. The van der Waals surface area contributed by atoms with Crippen LogP contribution >= 0.6 is 11.3 Å². The summed E-state index contributed by atoms with van der Waals surface area (Å²) >= 11 is 1.15. The summed E-state index contributed by atoms with van der Waals surface area (Å²) in [5.41, 5.74) is 2.58. The van der Waals surface area contributed by atoms with Crippen LogP contribution in [-0.2, 0) is 28.3 Å². The lowest BCUT2D eigenvalue weighted by molar-refractivity contribution is -0.115. The third kappa shape index (κ3) is 6.32. The van der Waals surface area contributed by atoms with Gasteiger partial charge >= 0.3 is 0 Å². The number of aryl methyl sites for hydroxylation is 1. The molecule has 0 bridgehead atoms. The Bertz CT molecular complexity index is 1730. The molecule has 2 amide bonds. The normalized spacial score (nSPS) is 18.2. The summed E-state index contributed by atoms with van der Waals surface area (Å²) in [5.74, 6) is -0.549. The number of rotatable bonds is 9. The van der Waals surface area contributed by atoms with Crippen molar-refractivity contribution in [3.63, 3.8) is 0 Å². The maximum absolute atomic E-state index is 13.8. The standard InChI is InChI=1S/C31H36N4O6S2/c1-20-16-35(21(2)19-36)31(38)25-15-23(32-29(37)14-22-17-33(3)26-9-6-5-8-24(22)26)11-12-27(25)41-28(20)18-34(4)43(39,40)30-10-7-13-42-30/h5-13,15,17,20-21,28,36H,14,16,18-19H2,1-4H3,(H,32,37)/t20-,21+,28+/m1/s1. The number of hydrogen-bond donors (Lipinski definition) is 2.